The average Bonchev–Trinajstić information content (AvgIpc) is 2.89. The first-order chi connectivity index (χ1) is 9.67. The lowest BCUT2D eigenvalue weighted by Gasteiger charge is -2.14. The van der Waals surface area contributed by atoms with Gasteiger partial charge in [-0.25, -0.2) is 5.06 Å². The van der Waals surface area contributed by atoms with Gasteiger partial charge >= 0.3 is 0 Å². The van der Waals surface area contributed by atoms with Crippen LogP contribution in [0.5, 0.6) is 0 Å². The Kier molecular flexibility index (Phi) is 4.53. The van der Waals surface area contributed by atoms with E-state index in [9.17, 15) is 4.79 Å². The zero-order valence-corrected chi connectivity index (χ0v) is 12.0. The molecule has 2 rings (SSSR count). The van der Waals surface area contributed by atoms with Gasteiger partial charge in [0.05, 0.1) is 31.1 Å². The molecule has 0 bridgehead atoms. The average molecular weight is 273 g/mol. The molecule has 1 aromatic heterocycles. The first-order valence-electron chi connectivity index (χ1n) is 6.58. The summed E-state index contributed by atoms with van der Waals surface area (Å²) in [6.45, 7) is 2.68. The van der Waals surface area contributed by atoms with Crippen LogP contribution in [0.3, 0.4) is 0 Å². The summed E-state index contributed by atoms with van der Waals surface area (Å²) < 4.78 is 1.87. The van der Waals surface area contributed by atoms with E-state index in [2.05, 4.69) is 5.10 Å². The van der Waals surface area contributed by atoms with Crippen LogP contribution in [0.1, 0.15) is 28.5 Å². The van der Waals surface area contributed by atoms with Crippen molar-refractivity contribution in [1.82, 2.24) is 14.8 Å². The van der Waals surface area contributed by atoms with Crippen molar-refractivity contribution in [3.05, 3.63) is 53.3 Å². The zero-order valence-electron chi connectivity index (χ0n) is 12.0. The summed E-state index contributed by atoms with van der Waals surface area (Å²) in [7, 11) is 3.06. The van der Waals surface area contributed by atoms with Gasteiger partial charge in [-0.3, -0.25) is 14.3 Å². The maximum absolute atomic E-state index is 12.2. The zero-order chi connectivity index (χ0) is 14.5. The van der Waals surface area contributed by atoms with E-state index in [4.69, 9.17) is 4.84 Å². The number of carbonyl (C=O) groups excluding carboxylic acids is 1. The van der Waals surface area contributed by atoms with E-state index in [1.165, 1.54) is 12.2 Å². The van der Waals surface area contributed by atoms with Crippen LogP contribution in [-0.2, 0) is 17.8 Å². The molecule has 1 heterocycles. The monoisotopic (exact) mass is 273 g/mol. The van der Waals surface area contributed by atoms with Crippen LogP contribution in [0.15, 0.2) is 36.5 Å². The molecule has 20 heavy (non-hydrogen) atoms. The molecule has 106 valence electrons. The number of carbonyl (C=O) groups is 1. The Bertz CT molecular complexity index is 578. The molecule has 2 aromatic rings. The molecule has 5 heteroatoms. The highest BCUT2D eigenvalue weighted by molar-refractivity contribution is 5.94. The van der Waals surface area contributed by atoms with E-state index in [0.29, 0.717) is 12.1 Å². The predicted octanol–water partition coefficient (Wildman–Crippen LogP) is 2.13. The van der Waals surface area contributed by atoms with Gasteiger partial charge in [0, 0.05) is 7.05 Å². The Hall–Kier alpha value is -2.14. The van der Waals surface area contributed by atoms with E-state index < -0.39 is 0 Å². The maximum atomic E-state index is 12.2. The van der Waals surface area contributed by atoms with E-state index in [1.807, 2.05) is 41.9 Å². The number of hydrogen-bond donors (Lipinski definition) is 0. The van der Waals surface area contributed by atoms with Crippen LogP contribution in [0.2, 0.25) is 0 Å². The third-order valence-electron chi connectivity index (χ3n) is 3.25. The molecule has 0 aliphatic heterocycles. The summed E-state index contributed by atoms with van der Waals surface area (Å²) >= 11 is 0. The molecule has 0 aliphatic rings. The maximum Gasteiger partial charge on any atom is 0.280 e. The lowest BCUT2D eigenvalue weighted by atomic mass is 10.2. The van der Waals surface area contributed by atoms with Gasteiger partial charge in [0.25, 0.3) is 5.91 Å². The first-order valence-corrected chi connectivity index (χ1v) is 6.58. The lowest BCUT2D eigenvalue weighted by Crippen LogP contribution is -2.26. The number of hydrogen-bond acceptors (Lipinski definition) is 3. The van der Waals surface area contributed by atoms with E-state index in [0.717, 1.165) is 17.7 Å². The highest BCUT2D eigenvalue weighted by Crippen LogP contribution is 2.14. The summed E-state index contributed by atoms with van der Waals surface area (Å²) in [5, 5.41) is 5.54. The van der Waals surface area contributed by atoms with Crippen LogP contribution in [-0.4, -0.2) is 34.9 Å². The number of aromatic nitrogens is 2. The summed E-state index contributed by atoms with van der Waals surface area (Å²) in [6, 6.07) is 10.1. The normalized spacial score (nSPS) is 10.6. The third-order valence-corrected chi connectivity index (χ3v) is 3.25. The Labute approximate surface area is 118 Å². The number of rotatable bonds is 5. The fourth-order valence-corrected chi connectivity index (χ4v) is 2.11. The molecular weight excluding hydrogens is 254 g/mol. The summed E-state index contributed by atoms with van der Waals surface area (Å²) in [5.74, 6) is -0.177. The minimum absolute atomic E-state index is 0.177. The first kappa shape index (κ1) is 14.3. The molecule has 1 aromatic carbocycles. The SMILES string of the molecule is CCc1c(C(=O)N(C)OC)cnn1Cc1ccccc1. The van der Waals surface area contributed by atoms with Gasteiger partial charge < -0.3 is 0 Å². The molecule has 0 radical (unpaired) electrons. The highest BCUT2D eigenvalue weighted by atomic mass is 16.7. The van der Waals surface area contributed by atoms with Crippen molar-refractivity contribution >= 4 is 5.91 Å². The van der Waals surface area contributed by atoms with E-state index in [-0.39, 0.29) is 5.91 Å². The van der Waals surface area contributed by atoms with E-state index in [1.54, 1.807) is 13.2 Å². The fourth-order valence-electron chi connectivity index (χ4n) is 2.11. The van der Waals surface area contributed by atoms with Crippen molar-refractivity contribution < 1.29 is 9.63 Å². The largest absolute Gasteiger partial charge is 0.280 e. The Morgan fingerprint density at radius 1 is 1.35 bits per heavy atom. The summed E-state index contributed by atoms with van der Waals surface area (Å²) in [5.41, 5.74) is 2.67. The molecule has 0 saturated heterocycles. The summed E-state index contributed by atoms with van der Waals surface area (Å²) in [6.07, 6.45) is 2.35. The highest BCUT2D eigenvalue weighted by Gasteiger charge is 2.19. The lowest BCUT2D eigenvalue weighted by molar-refractivity contribution is -0.0757. The van der Waals surface area contributed by atoms with Crippen LogP contribution < -0.4 is 0 Å². The Morgan fingerprint density at radius 3 is 2.65 bits per heavy atom. The molecule has 0 spiro atoms. The van der Waals surface area contributed by atoms with Crippen molar-refractivity contribution in [1.29, 1.82) is 0 Å². The van der Waals surface area contributed by atoms with Crippen LogP contribution in [0.25, 0.3) is 0 Å². The third kappa shape index (κ3) is 2.88. The summed E-state index contributed by atoms with van der Waals surface area (Å²) in [4.78, 5) is 17.1. The standard InChI is InChI=1S/C15H19N3O2/c1-4-14-13(15(19)17(2)20-3)10-16-18(14)11-12-8-6-5-7-9-12/h5-10H,4,11H2,1-3H3. The van der Waals surface area contributed by atoms with Gasteiger partial charge in [-0.05, 0) is 12.0 Å². The second-order valence-electron chi connectivity index (χ2n) is 4.49. The number of amides is 1. The van der Waals surface area contributed by atoms with Crippen LogP contribution in [0, 0.1) is 0 Å². The van der Waals surface area contributed by atoms with Crippen LogP contribution >= 0.6 is 0 Å². The van der Waals surface area contributed by atoms with Gasteiger partial charge in [0.15, 0.2) is 0 Å². The minimum Gasteiger partial charge on any atom is -0.274 e. The van der Waals surface area contributed by atoms with Gasteiger partial charge in [-0.2, -0.15) is 5.10 Å². The van der Waals surface area contributed by atoms with Gasteiger partial charge in [0.1, 0.15) is 0 Å². The molecule has 0 fully saturated rings. The topological polar surface area (TPSA) is 47.4 Å². The molecule has 0 atom stereocenters. The van der Waals surface area contributed by atoms with Crippen molar-refractivity contribution in [3.63, 3.8) is 0 Å². The second kappa shape index (κ2) is 6.34. The quantitative estimate of drug-likeness (QED) is 0.784. The minimum atomic E-state index is -0.177. The molecular formula is C15H19N3O2. The fraction of sp³-hybridized carbons (Fsp3) is 0.333. The molecule has 5 nitrogen and oxygen atoms in total. The van der Waals surface area contributed by atoms with Crippen molar-refractivity contribution in [2.45, 2.75) is 19.9 Å². The number of benzene rings is 1. The van der Waals surface area contributed by atoms with Crippen molar-refractivity contribution in [3.8, 4) is 0 Å². The number of hydroxylamine groups is 2. The van der Waals surface area contributed by atoms with Crippen molar-refractivity contribution in [2.24, 2.45) is 0 Å². The predicted molar refractivity (Wildman–Crippen MR) is 76.3 cm³/mol. The Morgan fingerprint density at radius 2 is 2.05 bits per heavy atom. The van der Waals surface area contributed by atoms with Crippen LogP contribution in [0.4, 0.5) is 0 Å². The van der Waals surface area contributed by atoms with Gasteiger partial charge in [-0.15, -0.1) is 0 Å². The molecule has 1 amide bonds. The smallest absolute Gasteiger partial charge is 0.274 e. The van der Waals surface area contributed by atoms with E-state index >= 15 is 0 Å². The van der Waals surface area contributed by atoms with Crippen molar-refractivity contribution in [2.75, 3.05) is 14.2 Å². The number of nitrogens with zero attached hydrogens (tertiary/aromatic N) is 3. The molecule has 0 aliphatic carbocycles. The van der Waals surface area contributed by atoms with Gasteiger partial charge in [0.2, 0.25) is 0 Å². The van der Waals surface area contributed by atoms with Gasteiger partial charge in [-0.1, -0.05) is 37.3 Å². The molecule has 0 saturated carbocycles. The molecule has 0 N–H and O–H groups in total. The second-order valence-corrected chi connectivity index (χ2v) is 4.49. The Balaban J connectivity index is 2.28. The molecule has 0 unspecified atom stereocenters.